The molecule has 1 amide bonds. The zero-order valence-corrected chi connectivity index (χ0v) is 14.7. The van der Waals surface area contributed by atoms with Crippen LogP contribution in [0.15, 0.2) is 0 Å². The number of nitrogens with one attached hydrogen (secondary N) is 1. The highest BCUT2D eigenvalue weighted by molar-refractivity contribution is 5.74. The van der Waals surface area contributed by atoms with E-state index in [1.54, 1.807) is 0 Å². The summed E-state index contributed by atoms with van der Waals surface area (Å²) in [7, 11) is 0. The zero-order valence-electron chi connectivity index (χ0n) is 14.7. The number of amides is 1. The van der Waals surface area contributed by atoms with Crippen LogP contribution in [0.4, 0.5) is 0 Å². The predicted octanol–water partition coefficient (Wildman–Crippen LogP) is 4.34. The summed E-state index contributed by atoms with van der Waals surface area (Å²) in [5.41, 5.74) is 2.64. The molecule has 0 atom stereocenters. The number of carbonyl (C=O) groups excluding carboxylic acids is 1. The number of hydrogen-bond donors (Lipinski definition) is 2. The summed E-state index contributed by atoms with van der Waals surface area (Å²) >= 11 is 0. The molecular formula is C18H38N2O2. The minimum atomic E-state index is -0.148. The van der Waals surface area contributed by atoms with Gasteiger partial charge < -0.3 is 5.21 Å². The van der Waals surface area contributed by atoms with E-state index in [4.69, 9.17) is 0 Å². The quantitative estimate of drug-likeness (QED) is 0.181. The van der Waals surface area contributed by atoms with Crippen LogP contribution < -0.4 is 11.0 Å². The lowest BCUT2D eigenvalue weighted by Gasteiger charge is -2.04. The summed E-state index contributed by atoms with van der Waals surface area (Å²) in [5, 5.41) is 10.0. The number of carbonyl (C=O) groups is 1. The van der Waals surface area contributed by atoms with Gasteiger partial charge in [0.05, 0.1) is 0 Å². The molecule has 0 aliphatic carbocycles. The third-order valence-electron chi connectivity index (χ3n) is 4.23. The van der Waals surface area contributed by atoms with Gasteiger partial charge in [0, 0.05) is 6.42 Å². The molecule has 0 aromatic heterocycles. The number of rotatable bonds is 17. The Morgan fingerprint density at radius 3 is 1.45 bits per heavy atom. The lowest BCUT2D eigenvalue weighted by molar-refractivity contribution is -0.636. The van der Waals surface area contributed by atoms with E-state index in [2.05, 4.69) is 12.3 Å². The van der Waals surface area contributed by atoms with E-state index < -0.39 is 0 Å². The minimum absolute atomic E-state index is 0.148. The van der Waals surface area contributed by atoms with Crippen LogP contribution in [-0.4, -0.2) is 5.91 Å². The third kappa shape index (κ3) is 17.4. The zero-order chi connectivity index (χ0) is 16.3. The average Bonchev–Trinajstić information content (AvgIpc) is 2.51. The van der Waals surface area contributed by atoms with Crippen LogP contribution in [0.1, 0.15) is 110 Å². The van der Waals surface area contributed by atoms with Crippen LogP contribution in [-0.2, 0) is 4.79 Å². The molecule has 0 heterocycles. The lowest BCUT2D eigenvalue weighted by atomic mass is 10.0. The van der Waals surface area contributed by atoms with E-state index in [0.717, 1.165) is 12.8 Å². The fourth-order valence-corrected chi connectivity index (χ4v) is 2.79. The van der Waals surface area contributed by atoms with Gasteiger partial charge in [-0.1, -0.05) is 96.8 Å². The monoisotopic (exact) mass is 314 g/mol. The van der Waals surface area contributed by atoms with E-state index in [0.29, 0.717) is 12.0 Å². The highest BCUT2D eigenvalue weighted by atomic mass is 16.5. The van der Waals surface area contributed by atoms with Gasteiger partial charge in [-0.3, -0.25) is 10.4 Å². The van der Waals surface area contributed by atoms with Crippen LogP contribution in [0, 0.1) is 5.21 Å². The second kappa shape index (κ2) is 18.4. The van der Waals surface area contributed by atoms with Gasteiger partial charge >= 0.3 is 0 Å². The molecule has 0 aliphatic rings. The van der Waals surface area contributed by atoms with Crippen molar-refractivity contribution in [3.05, 3.63) is 5.21 Å². The maximum Gasteiger partial charge on any atom is 0.265 e. The van der Waals surface area contributed by atoms with E-state index in [1.165, 1.54) is 83.5 Å². The predicted molar refractivity (Wildman–Crippen MR) is 93.0 cm³/mol. The highest BCUT2D eigenvalue weighted by Crippen LogP contribution is 2.13. The Kier molecular flexibility index (Phi) is 17.9. The van der Waals surface area contributed by atoms with Gasteiger partial charge in [0.15, 0.2) is 0 Å². The fraction of sp³-hybridized carbons (Fsp3) is 0.944. The molecule has 4 nitrogen and oxygen atoms in total. The molecule has 0 unspecified atom stereocenters. The number of hydrogen-bond acceptors (Lipinski definition) is 2. The van der Waals surface area contributed by atoms with E-state index in [-0.39, 0.29) is 5.91 Å². The summed E-state index contributed by atoms with van der Waals surface area (Å²) in [6, 6.07) is 0. The van der Waals surface area contributed by atoms with E-state index >= 15 is 0 Å². The van der Waals surface area contributed by atoms with Gasteiger partial charge in [0.25, 0.3) is 5.91 Å². The molecule has 0 radical (unpaired) electrons. The van der Waals surface area contributed by atoms with E-state index in [9.17, 15) is 10.0 Å². The third-order valence-corrected chi connectivity index (χ3v) is 4.23. The second-order valence-electron chi connectivity index (χ2n) is 6.39. The van der Waals surface area contributed by atoms with Crippen molar-refractivity contribution in [2.45, 2.75) is 110 Å². The van der Waals surface area contributed by atoms with Gasteiger partial charge in [0.1, 0.15) is 0 Å². The topological polar surface area (TPSA) is 68.8 Å². The SMILES string of the molecule is CCCCCCCCCCCCCCCCCC(=O)N[NH2+][O-]. The van der Waals surface area contributed by atoms with Gasteiger partial charge in [-0.15, -0.1) is 0 Å². The molecule has 0 saturated carbocycles. The van der Waals surface area contributed by atoms with Crippen LogP contribution in [0.5, 0.6) is 0 Å². The van der Waals surface area contributed by atoms with Crippen LogP contribution in [0.3, 0.4) is 0 Å². The maximum atomic E-state index is 11.0. The largest absolute Gasteiger partial charge is 0.609 e. The second-order valence-corrected chi connectivity index (χ2v) is 6.39. The van der Waals surface area contributed by atoms with Crippen molar-refractivity contribution in [2.24, 2.45) is 0 Å². The van der Waals surface area contributed by atoms with Gasteiger partial charge in [-0.05, 0) is 6.42 Å². The summed E-state index contributed by atoms with van der Waals surface area (Å²) in [6.45, 7) is 2.27. The molecule has 0 spiro atoms. The van der Waals surface area contributed by atoms with Crippen LogP contribution in [0.2, 0.25) is 0 Å². The normalized spacial score (nSPS) is 10.8. The van der Waals surface area contributed by atoms with Crippen molar-refractivity contribution >= 4 is 5.91 Å². The Bertz CT molecular complexity index is 235. The summed E-state index contributed by atoms with van der Waals surface area (Å²) in [4.78, 5) is 11.0. The Morgan fingerprint density at radius 2 is 1.09 bits per heavy atom. The molecule has 22 heavy (non-hydrogen) atoms. The Balaban J connectivity index is 3.01. The lowest BCUT2D eigenvalue weighted by Crippen LogP contribution is -2.88. The molecule has 0 aliphatic heterocycles. The molecule has 0 fully saturated rings. The van der Waals surface area contributed by atoms with Crippen LogP contribution >= 0.6 is 0 Å². The summed E-state index contributed by atoms with van der Waals surface area (Å²) < 4.78 is 0. The first kappa shape index (κ1) is 21.4. The Morgan fingerprint density at radius 1 is 0.727 bits per heavy atom. The van der Waals surface area contributed by atoms with Crippen molar-refractivity contribution in [2.75, 3.05) is 0 Å². The molecule has 132 valence electrons. The minimum Gasteiger partial charge on any atom is -0.609 e. The van der Waals surface area contributed by atoms with Crippen molar-refractivity contribution in [1.82, 2.24) is 5.43 Å². The van der Waals surface area contributed by atoms with Crippen LogP contribution in [0.25, 0.3) is 0 Å². The Labute approximate surface area is 137 Å². The molecular weight excluding hydrogens is 276 g/mol. The van der Waals surface area contributed by atoms with Crippen molar-refractivity contribution in [3.8, 4) is 0 Å². The molecule has 0 bridgehead atoms. The molecule has 4 heteroatoms. The first-order chi connectivity index (χ1) is 10.8. The maximum absolute atomic E-state index is 11.0. The molecule has 0 rings (SSSR count). The fourth-order valence-electron chi connectivity index (χ4n) is 2.79. The number of nitrogens with two attached hydrogens (primary N) is 1. The molecule has 3 N–H and O–H groups in total. The number of quaternary nitrogens is 1. The Hall–Kier alpha value is -0.610. The van der Waals surface area contributed by atoms with Crippen molar-refractivity contribution in [1.29, 1.82) is 0 Å². The highest BCUT2D eigenvalue weighted by Gasteiger charge is 1.99. The van der Waals surface area contributed by atoms with E-state index in [1.807, 2.05) is 0 Å². The molecule has 0 saturated heterocycles. The molecule has 0 aromatic carbocycles. The standard InChI is InChI=1S/C18H38N2O2/c1-2-3-4-5-6-7-8-9-10-11-12-13-14-15-16-17-18(21)19-20-22/h2-17,20H2,1H3,(H,19,21). The molecule has 0 aromatic rings. The number of unbranched alkanes of at least 4 members (excludes halogenated alkanes) is 14. The van der Waals surface area contributed by atoms with Crippen molar-refractivity contribution < 1.29 is 10.4 Å². The van der Waals surface area contributed by atoms with Gasteiger partial charge in [0.2, 0.25) is 0 Å². The van der Waals surface area contributed by atoms with Crippen molar-refractivity contribution in [3.63, 3.8) is 0 Å². The summed E-state index contributed by atoms with van der Waals surface area (Å²) in [6.07, 6.45) is 20.3. The van der Waals surface area contributed by atoms with Gasteiger partial charge in [-0.25, -0.2) is 5.43 Å². The van der Waals surface area contributed by atoms with Gasteiger partial charge in [-0.2, -0.15) is 0 Å². The first-order valence-corrected chi connectivity index (χ1v) is 9.54. The summed E-state index contributed by atoms with van der Waals surface area (Å²) in [5.74, 6) is -0.148. The first-order valence-electron chi connectivity index (χ1n) is 9.54. The average molecular weight is 315 g/mol. The smallest absolute Gasteiger partial charge is 0.265 e.